The average molecular weight is 374 g/mol. The lowest BCUT2D eigenvalue weighted by molar-refractivity contribution is 0.00578. The summed E-state index contributed by atoms with van der Waals surface area (Å²) in [5.41, 5.74) is 0.485. The van der Waals surface area contributed by atoms with E-state index in [1.165, 1.54) is 4.90 Å². The standard InChI is InChI=1S/C19H27BN2O5/c1-18(2)19(3,4)27-20(26-18)15-8-5-7-14(13-15)16(23)21-9-6-10-22(12-11-21)17(24)25/h5,7-8,13H,6,9-12H2,1-4H3,(H,24,25). The Morgan fingerprint density at radius 3 is 2.22 bits per heavy atom. The molecule has 2 fully saturated rings. The van der Waals surface area contributed by atoms with E-state index < -0.39 is 24.4 Å². The van der Waals surface area contributed by atoms with Crippen molar-refractivity contribution in [2.75, 3.05) is 26.2 Å². The highest BCUT2D eigenvalue weighted by Crippen LogP contribution is 2.36. The van der Waals surface area contributed by atoms with E-state index in [2.05, 4.69) is 0 Å². The molecule has 1 N–H and O–H groups in total. The zero-order chi connectivity index (χ0) is 19.8. The first-order valence-electron chi connectivity index (χ1n) is 9.33. The highest BCUT2D eigenvalue weighted by Gasteiger charge is 2.51. The number of benzene rings is 1. The summed E-state index contributed by atoms with van der Waals surface area (Å²) in [4.78, 5) is 27.1. The number of carboxylic acid groups (broad SMARTS) is 1. The molecule has 0 radical (unpaired) electrons. The van der Waals surface area contributed by atoms with E-state index in [1.807, 2.05) is 45.9 Å². The van der Waals surface area contributed by atoms with Crippen molar-refractivity contribution in [2.45, 2.75) is 45.3 Å². The Morgan fingerprint density at radius 1 is 1.00 bits per heavy atom. The highest BCUT2D eigenvalue weighted by molar-refractivity contribution is 6.62. The van der Waals surface area contributed by atoms with Crippen LogP contribution < -0.4 is 5.46 Å². The smallest absolute Gasteiger partial charge is 0.465 e. The number of amides is 2. The SMILES string of the molecule is CC1(C)OB(c2cccc(C(=O)N3CCCN(C(=O)O)CC3)c2)OC1(C)C. The number of carbonyl (C=O) groups is 2. The van der Waals surface area contributed by atoms with Gasteiger partial charge < -0.3 is 24.2 Å². The number of nitrogens with zero attached hydrogens (tertiary/aromatic N) is 2. The van der Waals surface area contributed by atoms with Gasteiger partial charge in [0.25, 0.3) is 5.91 Å². The minimum absolute atomic E-state index is 0.0967. The van der Waals surface area contributed by atoms with Gasteiger partial charge in [-0.25, -0.2) is 4.79 Å². The van der Waals surface area contributed by atoms with Crippen molar-refractivity contribution in [1.29, 1.82) is 0 Å². The Bertz CT molecular complexity index is 721. The third-order valence-electron chi connectivity index (χ3n) is 5.71. The summed E-state index contributed by atoms with van der Waals surface area (Å²) in [5, 5.41) is 9.14. The summed E-state index contributed by atoms with van der Waals surface area (Å²) in [7, 11) is -0.519. The Labute approximate surface area is 160 Å². The van der Waals surface area contributed by atoms with Gasteiger partial charge in [0.1, 0.15) is 0 Å². The van der Waals surface area contributed by atoms with E-state index in [1.54, 1.807) is 11.0 Å². The van der Waals surface area contributed by atoms with Gasteiger partial charge in [-0.05, 0) is 51.7 Å². The van der Waals surface area contributed by atoms with Crippen LogP contribution >= 0.6 is 0 Å². The molecule has 0 aliphatic carbocycles. The van der Waals surface area contributed by atoms with Crippen molar-refractivity contribution < 1.29 is 24.0 Å². The van der Waals surface area contributed by atoms with Gasteiger partial charge >= 0.3 is 13.2 Å². The third-order valence-corrected chi connectivity index (χ3v) is 5.71. The number of hydrogen-bond donors (Lipinski definition) is 1. The predicted octanol–water partition coefficient (Wildman–Crippen LogP) is 1.81. The Hall–Kier alpha value is -2.06. The van der Waals surface area contributed by atoms with Crippen molar-refractivity contribution in [1.82, 2.24) is 9.80 Å². The van der Waals surface area contributed by atoms with E-state index in [0.717, 1.165) is 5.46 Å². The van der Waals surface area contributed by atoms with Crippen LogP contribution in [0.25, 0.3) is 0 Å². The van der Waals surface area contributed by atoms with Crippen LogP contribution in [0.15, 0.2) is 24.3 Å². The third kappa shape index (κ3) is 3.96. The van der Waals surface area contributed by atoms with Crippen LogP contribution in [0.4, 0.5) is 4.79 Å². The molecule has 2 amide bonds. The molecule has 0 bridgehead atoms. The van der Waals surface area contributed by atoms with Crippen LogP contribution in [0.3, 0.4) is 0 Å². The largest absolute Gasteiger partial charge is 0.494 e. The summed E-state index contributed by atoms with van der Waals surface area (Å²) in [6.45, 7) is 9.70. The minimum atomic E-state index is -0.938. The summed E-state index contributed by atoms with van der Waals surface area (Å²) >= 11 is 0. The van der Waals surface area contributed by atoms with Gasteiger partial charge in [-0.1, -0.05) is 12.1 Å². The number of carbonyl (C=O) groups excluding carboxylic acids is 1. The Morgan fingerprint density at radius 2 is 1.59 bits per heavy atom. The van der Waals surface area contributed by atoms with Gasteiger partial charge in [-0.15, -0.1) is 0 Å². The fourth-order valence-corrected chi connectivity index (χ4v) is 3.29. The Kier molecular flexibility index (Phi) is 5.23. The maximum Gasteiger partial charge on any atom is 0.494 e. The molecule has 1 aromatic carbocycles. The van der Waals surface area contributed by atoms with Gasteiger partial charge in [0.05, 0.1) is 11.2 Å². The molecule has 2 heterocycles. The molecule has 0 unspecified atom stereocenters. The first kappa shape index (κ1) is 19.7. The van der Waals surface area contributed by atoms with Crippen molar-refractivity contribution in [3.05, 3.63) is 29.8 Å². The van der Waals surface area contributed by atoms with Crippen LogP contribution in [0.2, 0.25) is 0 Å². The van der Waals surface area contributed by atoms with Crippen LogP contribution in [-0.4, -0.2) is 71.4 Å². The van der Waals surface area contributed by atoms with Crippen molar-refractivity contribution in [3.63, 3.8) is 0 Å². The van der Waals surface area contributed by atoms with Crippen LogP contribution in [-0.2, 0) is 9.31 Å². The molecule has 1 aromatic rings. The molecule has 0 spiro atoms. The predicted molar refractivity (Wildman–Crippen MR) is 102 cm³/mol. The summed E-state index contributed by atoms with van der Waals surface area (Å²) in [6, 6.07) is 7.31. The first-order chi connectivity index (χ1) is 12.6. The monoisotopic (exact) mass is 374 g/mol. The molecule has 27 heavy (non-hydrogen) atoms. The van der Waals surface area contributed by atoms with Gasteiger partial charge in [-0.2, -0.15) is 0 Å². The second-order valence-corrected chi connectivity index (χ2v) is 8.13. The molecule has 0 atom stereocenters. The zero-order valence-electron chi connectivity index (χ0n) is 16.4. The van der Waals surface area contributed by atoms with E-state index in [-0.39, 0.29) is 5.91 Å². The molecule has 3 rings (SSSR count). The quantitative estimate of drug-likeness (QED) is 0.799. The van der Waals surface area contributed by atoms with Gasteiger partial charge in [-0.3, -0.25) is 4.79 Å². The summed E-state index contributed by atoms with van der Waals surface area (Å²) < 4.78 is 12.1. The molecular weight excluding hydrogens is 347 g/mol. The van der Waals surface area contributed by atoms with Gasteiger partial charge in [0.15, 0.2) is 0 Å². The number of rotatable bonds is 2. The number of hydrogen-bond acceptors (Lipinski definition) is 4. The normalized spacial score (nSPS) is 21.9. The second-order valence-electron chi connectivity index (χ2n) is 8.13. The molecule has 2 saturated heterocycles. The molecule has 0 saturated carbocycles. The Balaban J connectivity index is 1.74. The molecule has 8 heteroatoms. The van der Waals surface area contributed by atoms with Gasteiger partial charge in [0.2, 0.25) is 0 Å². The molecular formula is C19H27BN2O5. The molecule has 7 nitrogen and oxygen atoms in total. The van der Waals surface area contributed by atoms with E-state index in [4.69, 9.17) is 14.4 Å². The van der Waals surface area contributed by atoms with Crippen LogP contribution in [0, 0.1) is 0 Å². The second kappa shape index (κ2) is 7.17. The van der Waals surface area contributed by atoms with E-state index >= 15 is 0 Å². The lowest BCUT2D eigenvalue weighted by atomic mass is 9.78. The van der Waals surface area contributed by atoms with E-state index in [0.29, 0.717) is 38.2 Å². The van der Waals surface area contributed by atoms with E-state index in [9.17, 15) is 9.59 Å². The summed E-state index contributed by atoms with van der Waals surface area (Å²) in [6.07, 6.45) is -0.304. The molecule has 2 aliphatic heterocycles. The lowest BCUT2D eigenvalue weighted by Crippen LogP contribution is -2.41. The van der Waals surface area contributed by atoms with Crippen molar-refractivity contribution in [3.8, 4) is 0 Å². The van der Waals surface area contributed by atoms with Gasteiger partial charge in [0, 0.05) is 31.7 Å². The zero-order valence-corrected chi connectivity index (χ0v) is 16.4. The topological polar surface area (TPSA) is 79.3 Å². The van der Waals surface area contributed by atoms with Crippen LogP contribution in [0.5, 0.6) is 0 Å². The van der Waals surface area contributed by atoms with Crippen molar-refractivity contribution in [2.24, 2.45) is 0 Å². The molecule has 0 aromatic heterocycles. The van der Waals surface area contributed by atoms with Crippen molar-refractivity contribution >= 4 is 24.6 Å². The van der Waals surface area contributed by atoms with Crippen LogP contribution in [0.1, 0.15) is 44.5 Å². The minimum Gasteiger partial charge on any atom is -0.465 e. The summed E-state index contributed by atoms with van der Waals surface area (Å²) in [5.74, 6) is -0.0967. The lowest BCUT2D eigenvalue weighted by Gasteiger charge is -2.32. The first-order valence-corrected chi connectivity index (χ1v) is 9.33. The fourth-order valence-electron chi connectivity index (χ4n) is 3.29. The fraction of sp³-hybridized carbons (Fsp3) is 0.579. The maximum absolute atomic E-state index is 12.9. The molecule has 146 valence electrons. The maximum atomic E-state index is 12.9. The molecule has 2 aliphatic rings. The average Bonchev–Trinajstić information content (AvgIpc) is 2.78. The highest BCUT2D eigenvalue weighted by atomic mass is 16.7.